The SMILES string of the molecule is CN(C)c1nn(Cc2ccc(F)cc2)c2c1CCNC2. The molecule has 0 bridgehead atoms. The van der Waals surface area contributed by atoms with Crippen LogP contribution in [0.2, 0.25) is 0 Å². The van der Waals surface area contributed by atoms with Crippen LogP contribution < -0.4 is 10.2 Å². The predicted octanol–water partition coefficient (Wildman–Crippen LogP) is 1.78. The molecule has 1 aliphatic rings. The molecule has 1 aromatic carbocycles. The lowest BCUT2D eigenvalue weighted by Crippen LogP contribution is -2.26. The van der Waals surface area contributed by atoms with Crippen molar-refractivity contribution in [1.29, 1.82) is 0 Å². The van der Waals surface area contributed by atoms with Gasteiger partial charge in [-0.05, 0) is 30.7 Å². The van der Waals surface area contributed by atoms with Crippen LogP contribution in [0.1, 0.15) is 16.8 Å². The summed E-state index contributed by atoms with van der Waals surface area (Å²) in [5, 5.41) is 8.11. The molecule has 2 aromatic rings. The zero-order valence-electron chi connectivity index (χ0n) is 11.9. The number of nitrogens with one attached hydrogen (secondary N) is 1. The largest absolute Gasteiger partial charge is 0.361 e. The van der Waals surface area contributed by atoms with Gasteiger partial charge in [0.2, 0.25) is 0 Å². The Labute approximate surface area is 118 Å². The number of rotatable bonds is 3. The van der Waals surface area contributed by atoms with Crippen molar-refractivity contribution >= 4 is 5.82 Å². The molecule has 0 unspecified atom stereocenters. The number of hydrogen-bond acceptors (Lipinski definition) is 3. The molecule has 0 amide bonds. The molecule has 4 nitrogen and oxygen atoms in total. The molecular weight excluding hydrogens is 255 g/mol. The van der Waals surface area contributed by atoms with Crippen LogP contribution in [0.25, 0.3) is 0 Å². The Hall–Kier alpha value is -1.88. The van der Waals surface area contributed by atoms with Gasteiger partial charge in [-0.2, -0.15) is 5.10 Å². The van der Waals surface area contributed by atoms with E-state index in [1.807, 2.05) is 30.9 Å². The van der Waals surface area contributed by atoms with Crippen molar-refractivity contribution in [3.63, 3.8) is 0 Å². The molecule has 20 heavy (non-hydrogen) atoms. The van der Waals surface area contributed by atoms with Gasteiger partial charge in [0.05, 0.1) is 12.2 Å². The highest BCUT2D eigenvalue weighted by atomic mass is 19.1. The fraction of sp³-hybridized carbons (Fsp3) is 0.400. The fourth-order valence-corrected chi connectivity index (χ4v) is 2.65. The zero-order valence-corrected chi connectivity index (χ0v) is 11.9. The minimum absolute atomic E-state index is 0.202. The second-order valence-corrected chi connectivity index (χ2v) is 5.35. The zero-order chi connectivity index (χ0) is 14.1. The normalized spacial score (nSPS) is 14.2. The van der Waals surface area contributed by atoms with E-state index in [2.05, 4.69) is 10.2 Å². The third-order valence-corrected chi connectivity index (χ3v) is 3.66. The lowest BCUT2D eigenvalue weighted by molar-refractivity contribution is 0.569. The molecule has 1 aromatic heterocycles. The minimum atomic E-state index is -0.202. The van der Waals surface area contributed by atoms with Crippen LogP contribution in [0.15, 0.2) is 24.3 Å². The van der Waals surface area contributed by atoms with Crippen LogP contribution in [-0.4, -0.2) is 30.4 Å². The lowest BCUT2D eigenvalue weighted by atomic mass is 10.1. The van der Waals surface area contributed by atoms with E-state index in [-0.39, 0.29) is 5.82 Å². The van der Waals surface area contributed by atoms with Gasteiger partial charge in [-0.25, -0.2) is 4.39 Å². The molecule has 2 heterocycles. The monoisotopic (exact) mass is 274 g/mol. The summed E-state index contributed by atoms with van der Waals surface area (Å²) in [7, 11) is 4.04. The maximum absolute atomic E-state index is 13.0. The summed E-state index contributed by atoms with van der Waals surface area (Å²) in [4.78, 5) is 2.06. The third kappa shape index (κ3) is 2.41. The molecule has 0 spiro atoms. The summed E-state index contributed by atoms with van der Waals surface area (Å²) in [5.41, 5.74) is 3.63. The topological polar surface area (TPSA) is 33.1 Å². The van der Waals surface area contributed by atoms with Crippen LogP contribution in [0.3, 0.4) is 0 Å². The van der Waals surface area contributed by atoms with Crippen LogP contribution in [0, 0.1) is 5.82 Å². The number of halogens is 1. The van der Waals surface area contributed by atoms with E-state index in [4.69, 9.17) is 5.10 Å². The Morgan fingerprint density at radius 1 is 1.30 bits per heavy atom. The van der Waals surface area contributed by atoms with E-state index >= 15 is 0 Å². The van der Waals surface area contributed by atoms with Crippen LogP contribution >= 0.6 is 0 Å². The van der Waals surface area contributed by atoms with Crippen LogP contribution in [0.5, 0.6) is 0 Å². The Morgan fingerprint density at radius 2 is 2.05 bits per heavy atom. The van der Waals surface area contributed by atoms with Crippen LogP contribution in [0.4, 0.5) is 10.2 Å². The molecular formula is C15H19FN4. The van der Waals surface area contributed by atoms with Gasteiger partial charge in [-0.15, -0.1) is 0 Å². The van der Waals surface area contributed by atoms with E-state index in [1.54, 1.807) is 0 Å². The van der Waals surface area contributed by atoms with Crippen molar-refractivity contribution in [3.05, 3.63) is 46.9 Å². The number of aromatic nitrogens is 2. The van der Waals surface area contributed by atoms with Crippen molar-refractivity contribution in [2.75, 3.05) is 25.5 Å². The predicted molar refractivity (Wildman–Crippen MR) is 77.5 cm³/mol. The number of hydrogen-bond donors (Lipinski definition) is 1. The fourth-order valence-electron chi connectivity index (χ4n) is 2.65. The standard InChI is InChI=1S/C15H19FN4/c1-19(2)15-13-7-8-17-9-14(13)20(18-15)10-11-3-5-12(16)6-4-11/h3-6,17H,7-10H2,1-2H3. The molecule has 106 valence electrons. The Morgan fingerprint density at radius 3 is 2.75 bits per heavy atom. The van der Waals surface area contributed by atoms with Gasteiger partial charge >= 0.3 is 0 Å². The molecule has 0 saturated heterocycles. The van der Waals surface area contributed by atoms with Gasteiger partial charge in [0.15, 0.2) is 5.82 Å². The number of fused-ring (bicyclic) bond motifs is 1. The minimum Gasteiger partial charge on any atom is -0.361 e. The van der Waals surface area contributed by atoms with Crippen molar-refractivity contribution in [3.8, 4) is 0 Å². The first kappa shape index (κ1) is 13.1. The molecule has 0 saturated carbocycles. The summed E-state index contributed by atoms with van der Waals surface area (Å²) in [6.07, 6.45) is 1.01. The molecule has 0 radical (unpaired) electrons. The first-order valence-corrected chi connectivity index (χ1v) is 6.86. The molecule has 1 aliphatic heterocycles. The van der Waals surface area contributed by atoms with Crippen molar-refractivity contribution in [1.82, 2.24) is 15.1 Å². The van der Waals surface area contributed by atoms with E-state index < -0.39 is 0 Å². The maximum Gasteiger partial charge on any atom is 0.153 e. The summed E-state index contributed by atoms with van der Waals surface area (Å²) in [5.74, 6) is 0.843. The number of nitrogens with zero attached hydrogens (tertiary/aromatic N) is 3. The molecule has 1 N–H and O–H groups in total. The van der Waals surface area contributed by atoms with Crippen molar-refractivity contribution in [2.24, 2.45) is 0 Å². The van der Waals surface area contributed by atoms with E-state index in [0.29, 0.717) is 6.54 Å². The van der Waals surface area contributed by atoms with E-state index in [1.165, 1.54) is 23.4 Å². The molecule has 0 atom stereocenters. The summed E-state index contributed by atoms with van der Waals surface area (Å²) < 4.78 is 15.0. The Balaban J connectivity index is 1.95. The number of anilines is 1. The average Bonchev–Trinajstić information content (AvgIpc) is 2.81. The summed E-state index contributed by atoms with van der Waals surface area (Å²) in [6, 6.07) is 6.62. The summed E-state index contributed by atoms with van der Waals surface area (Å²) >= 11 is 0. The van der Waals surface area contributed by atoms with Gasteiger partial charge < -0.3 is 10.2 Å². The smallest absolute Gasteiger partial charge is 0.153 e. The van der Waals surface area contributed by atoms with Crippen LogP contribution in [-0.2, 0) is 19.5 Å². The van der Waals surface area contributed by atoms with Gasteiger partial charge in [-0.1, -0.05) is 12.1 Å². The average molecular weight is 274 g/mol. The highest BCUT2D eigenvalue weighted by molar-refractivity contribution is 5.49. The maximum atomic E-state index is 13.0. The highest BCUT2D eigenvalue weighted by Gasteiger charge is 2.21. The molecule has 0 fully saturated rings. The highest BCUT2D eigenvalue weighted by Crippen LogP contribution is 2.25. The second-order valence-electron chi connectivity index (χ2n) is 5.35. The molecule has 5 heteroatoms. The number of benzene rings is 1. The first-order valence-electron chi connectivity index (χ1n) is 6.86. The first-order chi connectivity index (χ1) is 9.65. The van der Waals surface area contributed by atoms with Crippen molar-refractivity contribution < 1.29 is 4.39 Å². The van der Waals surface area contributed by atoms with Gasteiger partial charge in [-0.3, -0.25) is 4.68 Å². The Kier molecular flexibility index (Phi) is 3.44. The van der Waals surface area contributed by atoms with Crippen molar-refractivity contribution in [2.45, 2.75) is 19.5 Å². The van der Waals surface area contributed by atoms with Gasteiger partial charge in [0.1, 0.15) is 5.82 Å². The van der Waals surface area contributed by atoms with Gasteiger partial charge in [0, 0.05) is 26.2 Å². The molecule has 0 aliphatic carbocycles. The third-order valence-electron chi connectivity index (χ3n) is 3.66. The second kappa shape index (κ2) is 5.25. The van der Waals surface area contributed by atoms with Gasteiger partial charge in [0.25, 0.3) is 0 Å². The van der Waals surface area contributed by atoms with E-state index in [9.17, 15) is 4.39 Å². The quantitative estimate of drug-likeness (QED) is 0.926. The Bertz CT molecular complexity index is 601. The summed E-state index contributed by atoms with van der Waals surface area (Å²) in [6.45, 7) is 2.52. The lowest BCUT2D eigenvalue weighted by Gasteiger charge is -2.17. The van der Waals surface area contributed by atoms with E-state index in [0.717, 1.165) is 30.9 Å². The molecule has 3 rings (SSSR count).